The van der Waals surface area contributed by atoms with E-state index in [1.54, 1.807) is 19.1 Å². The first-order valence-corrected chi connectivity index (χ1v) is 8.70. The van der Waals surface area contributed by atoms with Crippen molar-refractivity contribution in [3.63, 3.8) is 0 Å². The summed E-state index contributed by atoms with van der Waals surface area (Å²) in [7, 11) is -3.67. The van der Waals surface area contributed by atoms with Crippen LogP contribution in [0.15, 0.2) is 29.2 Å². The zero-order chi connectivity index (χ0) is 16.4. The van der Waals surface area contributed by atoms with E-state index < -0.39 is 21.4 Å². The normalized spacial score (nSPS) is 22.6. The van der Waals surface area contributed by atoms with Crippen molar-refractivity contribution in [2.24, 2.45) is 5.41 Å². The molecule has 0 spiro atoms. The molecule has 0 aliphatic carbocycles. The van der Waals surface area contributed by atoms with Crippen molar-refractivity contribution < 1.29 is 23.1 Å². The third kappa shape index (κ3) is 3.25. The molecule has 0 bridgehead atoms. The number of aliphatic carboxylic acids is 1. The maximum atomic E-state index is 12.6. The average molecular weight is 327 g/mol. The smallest absolute Gasteiger partial charge is 0.310 e. The molecule has 1 heterocycles. The van der Waals surface area contributed by atoms with Gasteiger partial charge in [-0.15, -0.1) is 0 Å². The summed E-state index contributed by atoms with van der Waals surface area (Å²) >= 11 is 0. The lowest BCUT2D eigenvalue weighted by Crippen LogP contribution is -2.34. The average Bonchev–Trinajstić information content (AvgIpc) is 2.90. The molecule has 1 atom stereocenters. The Labute approximate surface area is 130 Å². The highest BCUT2D eigenvalue weighted by molar-refractivity contribution is 7.89. The highest BCUT2D eigenvalue weighted by atomic mass is 32.2. The third-order valence-corrected chi connectivity index (χ3v) is 5.75. The Morgan fingerprint density at radius 3 is 2.50 bits per heavy atom. The minimum atomic E-state index is -3.67. The molecule has 22 heavy (non-hydrogen) atoms. The van der Waals surface area contributed by atoms with Gasteiger partial charge in [0, 0.05) is 13.1 Å². The summed E-state index contributed by atoms with van der Waals surface area (Å²) in [6.07, 6.45) is 1.20. The molecule has 0 radical (unpaired) electrons. The minimum Gasteiger partial charge on any atom is -0.494 e. The van der Waals surface area contributed by atoms with Crippen LogP contribution in [0.1, 0.15) is 26.7 Å². The first kappa shape index (κ1) is 16.8. The highest BCUT2D eigenvalue weighted by Crippen LogP contribution is 2.33. The van der Waals surface area contributed by atoms with Gasteiger partial charge in [-0.05, 0) is 44.0 Å². The summed E-state index contributed by atoms with van der Waals surface area (Å²) in [6, 6.07) is 6.23. The molecule has 1 aromatic carbocycles. The van der Waals surface area contributed by atoms with Gasteiger partial charge >= 0.3 is 5.97 Å². The number of sulfonamides is 1. The van der Waals surface area contributed by atoms with Gasteiger partial charge in [-0.1, -0.05) is 6.92 Å². The van der Waals surface area contributed by atoms with Crippen LogP contribution in [0.4, 0.5) is 0 Å². The Hall–Kier alpha value is -1.60. The molecule has 2 rings (SSSR count). The number of carboxylic acid groups (broad SMARTS) is 1. The van der Waals surface area contributed by atoms with Crippen LogP contribution < -0.4 is 4.74 Å². The van der Waals surface area contributed by atoms with E-state index in [9.17, 15) is 18.3 Å². The van der Waals surface area contributed by atoms with Crippen LogP contribution in [0.25, 0.3) is 0 Å². The SMILES string of the molecule is CCCOc1ccc(S(=O)(=O)N2CCC(C)(C(=O)O)C2)cc1. The molecule has 1 unspecified atom stereocenters. The molecule has 1 saturated heterocycles. The molecule has 1 aliphatic rings. The Morgan fingerprint density at radius 2 is 2.00 bits per heavy atom. The van der Waals surface area contributed by atoms with E-state index in [1.165, 1.54) is 16.4 Å². The van der Waals surface area contributed by atoms with Crippen LogP contribution in [-0.2, 0) is 14.8 Å². The molecule has 1 fully saturated rings. The lowest BCUT2D eigenvalue weighted by Gasteiger charge is -2.20. The fourth-order valence-corrected chi connectivity index (χ4v) is 3.94. The number of hydrogen-bond acceptors (Lipinski definition) is 4. The van der Waals surface area contributed by atoms with E-state index in [0.29, 0.717) is 18.8 Å². The second-order valence-corrected chi connectivity index (χ2v) is 7.71. The summed E-state index contributed by atoms with van der Waals surface area (Å²) in [6.45, 7) is 4.37. The predicted octanol–water partition coefficient (Wildman–Crippen LogP) is 1.96. The quantitative estimate of drug-likeness (QED) is 0.863. The lowest BCUT2D eigenvalue weighted by atomic mass is 9.90. The summed E-state index contributed by atoms with van der Waals surface area (Å²) < 4.78 is 31.8. The summed E-state index contributed by atoms with van der Waals surface area (Å²) in [5.74, 6) is -0.342. The monoisotopic (exact) mass is 327 g/mol. The van der Waals surface area contributed by atoms with Crippen molar-refractivity contribution in [2.45, 2.75) is 31.6 Å². The molecule has 1 aliphatic heterocycles. The number of carboxylic acids is 1. The number of nitrogens with zero attached hydrogens (tertiary/aromatic N) is 1. The number of benzene rings is 1. The van der Waals surface area contributed by atoms with E-state index in [4.69, 9.17) is 4.74 Å². The van der Waals surface area contributed by atoms with Gasteiger partial charge in [0.25, 0.3) is 0 Å². The largest absolute Gasteiger partial charge is 0.494 e. The highest BCUT2D eigenvalue weighted by Gasteiger charge is 2.44. The second-order valence-electron chi connectivity index (χ2n) is 5.77. The van der Waals surface area contributed by atoms with Gasteiger partial charge in [0.05, 0.1) is 16.9 Å². The van der Waals surface area contributed by atoms with Crippen molar-refractivity contribution >= 4 is 16.0 Å². The molecule has 122 valence electrons. The predicted molar refractivity (Wildman–Crippen MR) is 81.3 cm³/mol. The third-order valence-electron chi connectivity index (χ3n) is 3.89. The van der Waals surface area contributed by atoms with E-state index in [1.807, 2.05) is 6.92 Å². The zero-order valence-electron chi connectivity index (χ0n) is 12.8. The number of ether oxygens (including phenoxy) is 1. The Kier molecular flexibility index (Phi) is 4.77. The summed E-state index contributed by atoms with van der Waals surface area (Å²) in [4.78, 5) is 11.4. The van der Waals surface area contributed by atoms with Crippen LogP contribution in [-0.4, -0.2) is 43.5 Å². The van der Waals surface area contributed by atoms with Gasteiger partial charge in [0.2, 0.25) is 10.0 Å². The number of rotatable bonds is 6. The van der Waals surface area contributed by atoms with Crippen LogP contribution in [0.3, 0.4) is 0 Å². The molecule has 1 N–H and O–H groups in total. The molecule has 0 aromatic heterocycles. The van der Waals surface area contributed by atoms with E-state index in [0.717, 1.165) is 6.42 Å². The molecular weight excluding hydrogens is 306 g/mol. The molecular formula is C15H21NO5S. The van der Waals surface area contributed by atoms with Gasteiger partial charge in [-0.25, -0.2) is 8.42 Å². The van der Waals surface area contributed by atoms with E-state index >= 15 is 0 Å². The van der Waals surface area contributed by atoms with Crippen molar-refractivity contribution in [1.29, 1.82) is 0 Å². The Balaban J connectivity index is 2.16. The minimum absolute atomic E-state index is 0.00124. The molecule has 0 saturated carbocycles. The number of carbonyl (C=O) groups is 1. The van der Waals surface area contributed by atoms with Crippen molar-refractivity contribution in [2.75, 3.05) is 19.7 Å². The van der Waals surface area contributed by atoms with Crippen molar-refractivity contribution in [1.82, 2.24) is 4.31 Å². The van der Waals surface area contributed by atoms with Crippen LogP contribution in [0.2, 0.25) is 0 Å². The lowest BCUT2D eigenvalue weighted by molar-refractivity contribution is -0.146. The zero-order valence-corrected chi connectivity index (χ0v) is 13.6. The van der Waals surface area contributed by atoms with Gasteiger partial charge in [0.1, 0.15) is 5.75 Å². The molecule has 0 amide bonds. The van der Waals surface area contributed by atoms with E-state index in [-0.39, 0.29) is 18.0 Å². The van der Waals surface area contributed by atoms with Crippen LogP contribution in [0.5, 0.6) is 5.75 Å². The summed E-state index contributed by atoms with van der Waals surface area (Å²) in [5, 5.41) is 9.21. The van der Waals surface area contributed by atoms with Gasteiger partial charge < -0.3 is 9.84 Å². The first-order valence-electron chi connectivity index (χ1n) is 7.26. The molecule has 1 aromatic rings. The fraction of sp³-hybridized carbons (Fsp3) is 0.533. The standard InChI is InChI=1S/C15H21NO5S/c1-3-10-21-12-4-6-13(7-5-12)22(19,20)16-9-8-15(2,11-16)14(17)18/h4-7H,3,8-11H2,1-2H3,(H,17,18). The van der Waals surface area contributed by atoms with Crippen molar-refractivity contribution in [3.05, 3.63) is 24.3 Å². The van der Waals surface area contributed by atoms with Crippen molar-refractivity contribution in [3.8, 4) is 5.75 Å². The molecule has 7 heteroatoms. The van der Waals surface area contributed by atoms with E-state index in [2.05, 4.69) is 0 Å². The number of hydrogen-bond donors (Lipinski definition) is 1. The fourth-order valence-electron chi connectivity index (χ4n) is 2.38. The van der Waals surface area contributed by atoms with Gasteiger partial charge in [0.15, 0.2) is 0 Å². The maximum Gasteiger partial charge on any atom is 0.310 e. The Morgan fingerprint density at radius 1 is 1.36 bits per heavy atom. The summed E-state index contributed by atoms with van der Waals surface area (Å²) in [5.41, 5.74) is -1.02. The topological polar surface area (TPSA) is 83.9 Å². The maximum absolute atomic E-state index is 12.6. The van der Waals surface area contributed by atoms with Gasteiger partial charge in [-0.2, -0.15) is 4.31 Å². The molecule has 6 nitrogen and oxygen atoms in total. The Bertz CT molecular complexity index is 640. The van der Waals surface area contributed by atoms with Crippen LogP contribution >= 0.6 is 0 Å². The first-order chi connectivity index (χ1) is 10.3. The van der Waals surface area contributed by atoms with Gasteiger partial charge in [-0.3, -0.25) is 4.79 Å². The second kappa shape index (κ2) is 6.26. The van der Waals surface area contributed by atoms with Crippen LogP contribution in [0, 0.1) is 5.41 Å².